The van der Waals surface area contributed by atoms with Crippen molar-refractivity contribution in [3.63, 3.8) is 0 Å². The fourth-order valence-corrected chi connectivity index (χ4v) is 7.11. The lowest BCUT2D eigenvalue weighted by molar-refractivity contribution is -0.134. The average molecular weight is 605 g/mol. The van der Waals surface area contributed by atoms with Crippen LogP contribution in [0.1, 0.15) is 24.8 Å². The maximum absolute atomic E-state index is 12.9. The van der Waals surface area contributed by atoms with E-state index in [4.69, 9.17) is 4.74 Å². The van der Waals surface area contributed by atoms with Gasteiger partial charge in [-0.3, -0.25) is 18.5 Å². The molecule has 14 heteroatoms. The fourth-order valence-electron chi connectivity index (χ4n) is 4.90. The quantitative estimate of drug-likeness (QED) is 0.103. The number of benzene rings is 5. The van der Waals surface area contributed by atoms with E-state index in [1.807, 2.05) is 18.2 Å². The van der Waals surface area contributed by atoms with Crippen molar-refractivity contribution in [2.75, 3.05) is 0 Å². The van der Waals surface area contributed by atoms with Crippen LogP contribution in [0, 0.1) is 0 Å². The SMILES string of the molecule is C[C@@H](CC(=O)Oc1cc(S(=O)(=O)O)c2ccc3c(S(=O)(=O)O)cc(S(=O)(=O)O)c4ccc1c2c43)c1ccccc1. The van der Waals surface area contributed by atoms with Gasteiger partial charge >= 0.3 is 5.97 Å². The molecule has 208 valence electrons. The molecule has 0 bridgehead atoms. The van der Waals surface area contributed by atoms with Gasteiger partial charge < -0.3 is 4.74 Å². The molecule has 0 heterocycles. The van der Waals surface area contributed by atoms with Crippen LogP contribution in [0.15, 0.2) is 81.4 Å². The summed E-state index contributed by atoms with van der Waals surface area (Å²) in [4.78, 5) is 10.5. The molecule has 0 aliphatic rings. The van der Waals surface area contributed by atoms with Crippen molar-refractivity contribution in [1.82, 2.24) is 0 Å². The van der Waals surface area contributed by atoms with E-state index in [1.54, 1.807) is 19.1 Å². The van der Waals surface area contributed by atoms with Gasteiger partial charge in [0.05, 0.1) is 6.42 Å². The van der Waals surface area contributed by atoms with Crippen molar-refractivity contribution >= 4 is 68.6 Å². The third-order valence-corrected chi connectivity index (χ3v) is 9.33. The second-order valence-corrected chi connectivity index (χ2v) is 13.4. The van der Waals surface area contributed by atoms with Crippen molar-refractivity contribution in [2.45, 2.75) is 33.9 Å². The number of rotatable bonds is 7. The highest BCUT2D eigenvalue weighted by molar-refractivity contribution is 7.87. The van der Waals surface area contributed by atoms with Crippen molar-refractivity contribution in [2.24, 2.45) is 0 Å². The van der Waals surface area contributed by atoms with Gasteiger partial charge in [0.2, 0.25) is 0 Å². The minimum atomic E-state index is -5.05. The standard InChI is InChI=1S/C26H20O11S3/c1-14(15-5-3-2-4-6-15)11-24(27)37-20-12-21(38(28,29)30)17-9-10-19-23(40(34,35)36)13-22(39(31,32)33)18-8-7-16(20)25(17)26(18)19/h2-10,12-14H,11H2,1H3,(H,28,29,30)(H,31,32,33)(H,34,35,36)/t14-/m0/s1. The highest BCUT2D eigenvalue weighted by Crippen LogP contribution is 2.45. The van der Waals surface area contributed by atoms with E-state index in [0.717, 1.165) is 23.8 Å². The Bertz CT molecular complexity index is 2100. The van der Waals surface area contributed by atoms with Crippen LogP contribution in [0.4, 0.5) is 0 Å². The van der Waals surface area contributed by atoms with Gasteiger partial charge in [-0.05, 0) is 23.6 Å². The van der Waals surface area contributed by atoms with Crippen LogP contribution in [0.2, 0.25) is 0 Å². The summed E-state index contributed by atoms with van der Waals surface area (Å²) in [6, 6.07) is 15.4. The molecule has 5 rings (SSSR count). The summed E-state index contributed by atoms with van der Waals surface area (Å²) in [6.45, 7) is 1.79. The Hall–Kier alpha value is -3.66. The molecule has 5 aromatic carbocycles. The highest BCUT2D eigenvalue weighted by atomic mass is 32.2. The number of carbonyl (C=O) groups excluding carboxylic acids is 1. The monoisotopic (exact) mass is 604 g/mol. The Kier molecular flexibility index (Phi) is 6.60. The Morgan fingerprint density at radius 3 is 1.57 bits per heavy atom. The minimum Gasteiger partial charge on any atom is -0.426 e. The lowest BCUT2D eigenvalue weighted by Crippen LogP contribution is -2.13. The number of esters is 1. The summed E-state index contributed by atoms with van der Waals surface area (Å²) in [5, 5.41) is -0.731. The number of ether oxygens (including phenoxy) is 1. The summed E-state index contributed by atoms with van der Waals surface area (Å²) < 4.78 is 109. The van der Waals surface area contributed by atoms with Crippen LogP contribution in [-0.4, -0.2) is 44.9 Å². The molecule has 0 unspecified atom stereocenters. The second-order valence-electron chi connectivity index (χ2n) is 9.23. The van der Waals surface area contributed by atoms with Crippen LogP contribution in [0.25, 0.3) is 32.3 Å². The third kappa shape index (κ3) is 4.89. The van der Waals surface area contributed by atoms with Crippen LogP contribution in [0.3, 0.4) is 0 Å². The fraction of sp³-hybridized carbons (Fsp3) is 0.115. The lowest BCUT2D eigenvalue weighted by Gasteiger charge is -2.19. The van der Waals surface area contributed by atoms with Gasteiger partial charge in [-0.25, -0.2) is 0 Å². The van der Waals surface area contributed by atoms with Gasteiger partial charge in [-0.15, -0.1) is 0 Å². The largest absolute Gasteiger partial charge is 0.426 e. The molecule has 5 aromatic rings. The van der Waals surface area contributed by atoms with Gasteiger partial charge in [0.15, 0.2) is 0 Å². The first kappa shape index (κ1) is 27.9. The Balaban J connectivity index is 1.82. The van der Waals surface area contributed by atoms with Gasteiger partial charge in [-0.2, -0.15) is 25.3 Å². The topological polar surface area (TPSA) is 189 Å². The van der Waals surface area contributed by atoms with Crippen LogP contribution < -0.4 is 4.74 Å². The molecular weight excluding hydrogens is 584 g/mol. The van der Waals surface area contributed by atoms with Crippen molar-refractivity contribution in [3.8, 4) is 5.75 Å². The number of hydrogen-bond donors (Lipinski definition) is 3. The van der Waals surface area contributed by atoms with Crippen LogP contribution >= 0.6 is 0 Å². The first-order valence-corrected chi connectivity index (χ1v) is 15.9. The molecule has 0 fully saturated rings. The lowest BCUT2D eigenvalue weighted by atomic mass is 9.93. The second kappa shape index (κ2) is 9.47. The predicted molar refractivity (Wildman–Crippen MR) is 145 cm³/mol. The summed E-state index contributed by atoms with van der Waals surface area (Å²) >= 11 is 0. The predicted octanol–water partition coefficient (Wildman–Crippen LogP) is 4.42. The molecule has 3 N–H and O–H groups in total. The molecule has 0 saturated heterocycles. The van der Waals surface area contributed by atoms with Gasteiger partial charge in [0.25, 0.3) is 30.4 Å². The van der Waals surface area contributed by atoms with Gasteiger partial charge in [0, 0.05) is 38.4 Å². The molecule has 0 saturated carbocycles. The van der Waals surface area contributed by atoms with Crippen LogP contribution in [-0.2, 0) is 35.1 Å². The zero-order valence-electron chi connectivity index (χ0n) is 20.5. The summed E-state index contributed by atoms with van der Waals surface area (Å²) in [5.41, 5.74) is 0.851. The Morgan fingerprint density at radius 1 is 0.675 bits per heavy atom. The van der Waals surface area contributed by atoms with Crippen LogP contribution in [0.5, 0.6) is 5.75 Å². The zero-order valence-corrected chi connectivity index (χ0v) is 22.9. The molecule has 0 aromatic heterocycles. The Morgan fingerprint density at radius 2 is 1.10 bits per heavy atom. The maximum Gasteiger partial charge on any atom is 0.311 e. The van der Waals surface area contributed by atoms with E-state index >= 15 is 0 Å². The number of hydrogen-bond acceptors (Lipinski definition) is 8. The van der Waals surface area contributed by atoms with Crippen molar-refractivity contribution in [1.29, 1.82) is 0 Å². The zero-order chi connectivity index (χ0) is 29.2. The first-order chi connectivity index (χ1) is 18.6. The Labute approximate surface area is 228 Å². The molecule has 40 heavy (non-hydrogen) atoms. The smallest absolute Gasteiger partial charge is 0.311 e. The summed E-state index contributed by atoms with van der Waals surface area (Å²) in [7, 11) is -15.0. The maximum atomic E-state index is 12.9. The third-order valence-electron chi connectivity index (χ3n) is 6.65. The summed E-state index contributed by atoms with van der Waals surface area (Å²) in [6.07, 6.45) is -0.104. The van der Waals surface area contributed by atoms with E-state index in [1.165, 1.54) is 12.1 Å². The molecule has 0 amide bonds. The molecule has 0 radical (unpaired) electrons. The normalized spacial score (nSPS) is 13.7. The molecule has 0 aliphatic heterocycles. The highest BCUT2D eigenvalue weighted by Gasteiger charge is 2.28. The molecule has 1 atom stereocenters. The average Bonchev–Trinajstić information content (AvgIpc) is 2.86. The molecular formula is C26H20O11S3. The van der Waals surface area contributed by atoms with Crippen molar-refractivity contribution < 1.29 is 48.4 Å². The first-order valence-electron chi connectivity index (χ1n) is 11.5. The molecule has 0 spiro atoms. The van der Waals surface area contributed by atoms with E-state index in [-0.39, 0.29) is 50.4 Å². The molecule has 0 aliphatic carbocycles. The van der Waals surface area contributed by atoms with E-state index in [9.17, 15) is 43.7 Å². The van der Waals surface area contributed by atoms with E-state index < -0.39 is 51.0 Å². The van der Waals surface area contributed by atoms with Gasteiger partial charge in [0.1, 0.15) is 20.4 Å². The number of carbonyl (C=O) groups is 1. The van der Waals surface area contributed by atoms with Crippen molar-refractivity contribution in [3.05, 3.63) is 72.3 Å². The summed E-state index contributed by atoms with van der Waals surface area (Å²) in [5.74, 6) is -1.32. The van der Waals surface area contributed by atoms with Gasteiger partial charge in [-0.1, -0.05) is 55.5 Å². The minimum absolute atomic E-state index is 0.0787. The molecule has 11 nitrogen and oxygen atoms in total. The van der Waals surface area contributed by atoms with E-state index in [2.05, 4.69) is 0 Å². The van der Waals surface area contributed by atoms with E-state index in [0.29, 0.717) is 6.07 Å².